The zero-order chi connectivity index (χ0) is 17.1. The predicted octanol–water partition coefficient (Wildman–Crippen LogP) is 3.38. The van der Waals surface area contributed by atoms with E-state index in [2.05, 4.69) is 10.5 Å². The normalized spacial score (nSPS) is 10.8. The summed E-state index contributed by atoms with van der Waals surface area (Å²) in [6.07, 6.45) is 1.08. The first kappa shape index (κ1) is 15.9. The Morgan fingerprint density at radius 3 is 2.58 bits per heavy atom. The first-order valence-corrected chi connectivity index (χ1v) is 7.79. The molecule has 122 valence electrons. The molecule has 0 saturated heterocycles. The lowest BCUT2D eigenvalue weighted by atomic mass is 10.1. The molecule has 1 amide bonds. The summed E-state index contributed by atoms with van der Waals surface area (Å²) in [6.45, 7) is 3.79. The molecule has 0 aliphatic rings. The molecule has 1 heterocycles. The molecular formula is C19H18N2O3. The van der Waals surface area contributed by atoms with Crippen LogP contribution in [0.15, 0.2) is 51.8 Å². The van der Waals surface area contributed by atoms with Crippen LogP contribution in [0.4, 0.5) is 5.69 Å². The summed E-state index contributed by atoms with van der Waals surface area (Å²) in [5.41, 5.74) is 3.11. The number of rotatable bonds is 4. The minimum atomic E-state index is -0.479. The molecule has 0 atom stereocenters. The van der Waals surface area contributed by atoms with Crippen LogP contribution in [-0.2, 0) is 11.2 Å². The Morgan fingerprint density at radius 2 is 1.83 bits per heavy atom. The van der Waals surface area contributed by atoms with Crippen molar-refractivity contribution in [1.82, 2.24) is 5.16 Å². The van der Waals surface area contributed by atoms with E-state index in [-0.39, 0.29) is 5.91 Å². The van der Waals surface area contributed by atoms with E-state index >= 15 is 0 Å². The van der Waals surface area contributed by atoms with Crippen LogP contribution >= 0.6 is 0 Å². The lowest BCUT2D eigenvalue weighted by Crippen LogP contribution is -2.12. The van der Waals surface area contributed by atoms with Crippen LogP contribution in [0.3, 0.4) is 0 Å². The topological polar surface area (TPSA) is 72.2 Å². The first-order chi connectivity index (χ1) is 11.5. The number of hydrogen-bond donors (Lipinski definition) is 1. The maximum atomic E-state index is 12.1. The summed E-state index contributed by atoms with van der Waals surface area (Å²) in [5.74, 6) is -0.0662. The number of carbonyl (C=O) groups excluding carboxylic acids is 1. The van der Waals surface area contributed by atoms with E-state index in [1.807, 2.05) is 31.2 Å². The van der Waals surface area contributed by atoms with Crippen LogP contribution in [0.25, 0.3) is 10.8 Å². The fraction of sp³-hybridized carbons (Fsp3) is 0.211. The van der Waals surface area contributed by atoms with Gasteiger partial charge in [-0.3, -0.25) is 4.79 Å². The van der Waals surface area contributed by atoms with Gasteiger partial charge in [-0.05, 0) is 44.0 Å². The Kier molecular flexibility index (Phi) is 4.42. The van der Waals surface area contributed by atoms with Crippen molar-refractivity contribution in [1.29, 1.82) is 0 Å². The van der Waals surface area contributed by atoms with E-state index in [0.29, 0.717) is 35.0 Å². The van der Waals surface area contributed by atoms with E-state index in [0.717, 1.165) is 5.56 Å². The monoisotopic (exact) mass is 322 g/mol. The molecule has 0 aliphatic heterocycles. The van der Waals surface area contributed by atoms with Crippen LogP contribution < -0.4 is 10.9 Å². The summed E-state index contributed by atoms with van der Waals surface area (Å²) in [6, 6.07) is 13.2. The van der Waals surface area contributed by atoms with Crippen LogP contribution in [0.1, 0.15) is 23.2 Å². The van der Waals surface area contributed by atoms with Gasteiger partial charge in [0.15, 0.2) is 0 Å². The summed E-state index contributed by atoms with van der Waals surface area (Å²) in [5, 5.41) is 7.71. The Balaban J connectivity index is 1.70. The quantitative estimate of drug-likeness (QED) is 0.799. The van der Waals surface area contributed by atoms with Gasteiger partial charge in [0.1, 0.15) is 0 Å². The molecule has 2 aromatic carbocycles. The Morgan fingerprint density at radius 1 is 1.08 bits per heavy atom. The van der Waals surface area contributed by atoms with Crippen molar-refractivity contribution < 1.29 is 9.32 Å². The standard InChI is InChI=1S/C19H18N2O3/c1-12-3-5-14(6-4-12)7-10-18(22)20-15-8-9-16-17(11-15)13(2)21-24-19(16)23/h3-6,8-9,11H,7,10H2,1-2H3,(H,20,22). The molecule has 1 N–H and O–H groups in total. The number of nitrogens with one attached hydrogen (secondary N) is 1. The second-order valence-electron chi connectivity index (χ2n) is 5.85. The van der Waals surface area contributed by atoms with Crippen LogP contribution in [-0.4, -0.2) is 11.1 Å². The smallest absolute Gasteiger partial charge is 0.326 e. The predicted molar refractivity (Wildman–Crippen MR) is 93.1 cm³/mol. The van der Waals surface area contributed by atoms with Crippen LogP contribution in [0.2, 0.25) is 0 Å². The van der Waals surface area contributed by atoms with E-state index in [1.54, 1.807) is 25.1 Å². The van der Waals surface area contributed by atoms with Gasteiger partial charge in [-0.15, -0.1) is 0 Å². The molecule has 24 heavy (non-hydrogen) atoms. The molecule has 3 rings (SSSR count). The molecule has 0 spiro atoms. The Hall–Kier alpha value is -2.95. The SMILES string of the molecule is Cc1ccc(CCC(=O)Nc2ccc3c(=O)onc(C)c3c2)cc1. The van der Waals surface area contributed by atoms with Gasteiger partial charge < -0.3 is 9.84 Å². The fourth-order valence-electron chi connectivity index (χ4n) is 2.54. The van der Waals surface area contributed by atoms with Gasteiger partial charge in [0.25, 0.3) is 0 Å². The van der Waals surface area contributed by atoms with Crippen molar-refractivity contribution in [2.75, 3.05) is 5.32 Å². The van der Waals surface area contributed by atoms with Crippen molar-refractivity contribution in [3.8, 4) is 0 Å². The third kappa shape index (κ3) is 3.51. The highest BCUT2D eigenvalue weighted by molar-refractivity contribution is 5.94. The zero-order valence-electron chi connectivity index (χ0n) is 13.6. The third-order valence-corrected chi connectivity index (χ3v) is 3.94. The number of hydrogen-bond acceptors (Lipinski definition) is 4. The summed E-state index contributed by atoms with van der Waals surface area (Å²) in [4.78, 5) is 23.8. The summed E-state index contributed by atoms with van der Waals surface area (Å²) in [7, 11) is 0. The molecule has 0 unspecified atom stereocenters. The average molecular weight is 322 g/mol. The van der Waals surface area contributed by atoms with Crippen molar-refractivity contribution in [2.24, 2.45) is 0 Å². The number of benzene rings is 2. The highest BCUT2D eigenvalue weighted by atomic mass is 16.5. The van der Waals surface area contributed by atoms with E-state index in [4.69, 9.17) is 4.52 Å². The number of aromatic nitrogens is 1. The highest BCUT2D eigenvalue weighted by Crippen LogP contribution is 2.19. The first-order valence-electron chi connectivity index (χ1n) is 7.79. The number of nitrogens with zero attached hydrogens (tertiary/aromatic N) is 1. The van der Waals surface area contributed by atoms with Gasteiger partial charge >= 0.3 is 5.63 Å². The molecule has 5 nitrogen and oxygen atoms in total. The maximum absolute atomic E-state index is 12.1. The van der Waals surface area contributed by atoms with Gasteiger partial charge in [-0.1, -0.05) is 35.0 Å². The van der Waals surface area contributed by atoms with Crippen molar-refractivity contribution in [2.45, 2.75) is 26.7 Å². The lowest BCUT2D eigenvalue weighted by molar-refractivity contribution is -0.116. The Labute approximate surface area is 139 Å². The maximum Gasteiger partial charge on any atom is 0.366 e. The van der Waals surface area contributed by atoms with Crippen molar-refractivity contribution in [3.05, 3.63) is 69.7 Å². The fourth-order valence-corrected chi connectivity index (χ4v) is 2.54. The Bertz CT molecular complexity index is 943. The highest BCUT2D eigenvalue weighted by Gasteiger charge is 2.08. The molecule has 0 aliphatic carbocycles. The largest absolute Gasteiger partial charge is 0.366 e. The van der Waals surface area contributed by atoms with E-state index in [9.17, 15) is 9.59 Å². The summed E-state index contributed by atoms with van der Waals surface area (Å²) < 4.78 is 4.70. The second kappa shape index (κ2) is 6.66. The van der Waals surface area contributed by atoms with Gasteiger partial charge in [0.05, 0.1) is 11.1 Å². The lowest BCUT2D eigenvalue weighted by Gasteiger charge is -2.07. The molecule has 0 saturated carbocycles. The van der Waals surface area contributed by atoms with E-state index < -0.39 is 5.63 Å². The number of anilines is 1. The second-order valence-corrected chi connectivity index (χ2v) is 5.85. The minimum absolute atomic E-state index is 0.0662. The van der Waals surface area contributed by atoms with Crippen LogP contribution in [0, 0.1) is 13.8 Å². The van der Waals surface area contributed by atoms with Gasteiger partial charge in [-0.2, -0.15) is 0 Å². The molecule has 3 aromatic rings. The molecule has 0 radical (unpaired) electrons. The van der Waals surface area contributed by atoms with Gasteiger partial charge in [-0.25, -0.2) is 4.79 Å². The molecular weight excluding hydrogens is 304 g/mol. The number of fused-ring (bicyclic) bond motifs is 1. The molecule has 5 heteroatoms. The zero-order valence-corrected chi connectivity index (χ0v) is 13.6. The molecule has 1 aromatic heterocycles. The average Bonchev–Trinajstić information content (AvgIpc) is 2.58. The molecule has 0 fully saturated rings. The number of carbonyl (C=O) groups is 1. The minimum Gasteiger partial charge on any atom is -0.326 e. The third-order valence-electron chi connectivity index (χ3n) is 3.94. The van der Waals surface area contributed by atoms with Crippen molar-refractivity contribution >= 4 is 22.4 Å². The van der Waals surface area contributed by atoms with Crippen LogP contribution in [0.5, 0.6) is 0 Å². The van der Waals surface area contributed by atoms with Gasteiger partial charge in [0.2, 0.25) is 5.91 Å². The molecule has 0 bridgehead atoms. The number of aryl methyl sites for hydroxylation is 3. The number of amides is 1. The van der Waals surface area contributed by atoms with E-state index in [1.165, 1.54) is 5.56 Å². The van der Waals surface area contributed by atoms with Gasteiger partial charge in [0, 0.05) is 17.5 Å². The summed E-state index contributed by atoms with van der Waals surface area (Å²) >= 11 is 0. The van der Waals surface area contributed by atoms with Crippen molar-refractivity contribution in [3.63, 3.8) is 0 Å².